The summed E-state index contributed by atoms with van der Waals surface area (Å²) >= 11 is 0. The lowest BCUT2D eigenvalue weighted by Gasteiger charge is -2.58. The zero-order valence-corrected chi connectivity index (χ0v) is 13.1. The minimum absolute atomic E-state index is 0.193. The summed E-state index contributed by atoms with van der Waals surface area (Å²) in [4.78, 5) is 0. The SMILES string of the molecule is CCCCS(=O)CC(N)C12CC3CC(CC(C3)C1)C2. The zero-order valence-electron chi connectivity index (χ0n) is 12.3. The fourth-order valence-corrected chi connectivity index (χ4v) is 6.93. The molecule has 0 saturated heterocycles. The van der Waals surface area contributed by atoms with Crippen LogP contribution in [-0.4, -0.2) is 21.8 Å². The predicted molar refractivity (Wildman–Crippen MR) is 81.4 cm³/mol. The van der Waals surface area contributed by atoms with Gasteiger partial charge in [0.15, 0.2) is 0 Å². The van der Waals surface area contributed by atoms with Gasteiger partial charge in [0.2, 0.25) is 0 Å². The van der Waals surface area contributed by atoms with Crippen LogP contribution in [0.5, 0.6) is 0 Å². The van der Waals surface area contributed by atoms with Crippen LogP contribution in [0.1, 0.15) is 58.3 Å². The molecule has 0 amide bonds. The Morgan fingerprint density at radius 2 is 1.68 bits per heavy atom. The number of unbranched alkanes of at least 4 members (excludes halogenated alkanes) is 1. The van der Waals surface area contributed by atoms with Crippen LogP contribution < -0.4 is 5.73 Å². The van der Waals surface area contributed by atoms with Crippen LogP contribution >= 0.6 is 0 Å². The van der Waals surface area contributed by atoms with Gasteiger partial charge in [-0.2, -0.15) is 0 Å². The van der Waals surface area contributed by atoms with Crippen molar-refractivity contribution in [1.82, 2.24) is 0 Å². The number of rotatable bonds is 6. The Kier molecular flexibility index (Phi) is 4.05. The molecule has 0 spiro atoms. The molecule has 3 heteroatoms. The molecule has 0 radical (unpaired) electrons. The number of hydrogen-bond acceptors (Lipinski definition) is 2. The largest absolute Gasteiger partial charge is 0.326 e. The van der Waals surface area contributed by atoms with E-state index < -0.39 is 10.8 Å². The van der Waals surface area contributed by atoms with Gasteiger partial charge in [-0.3, -0.25) is 4.21 Å². The summed E-state index contributed by atoms with van der Waals surface area (Å²) in [5, 5.41) is 0. The monoisotopic (exact) mass is 283 g/mol. The Balaban J connectivity index is 1.63. The fourth-order valence-electron chi connectivity index (χ4n) is 5.40. The average molecular weight is 283 g/mol. The van der Waals surface area contributed by atoms with Crippen molar-refractivity contribution < 1.29 is 4.21 Å². The maximum atomic E-state index is 12.1. The van der Waals surface area contributed by atoms with Gasteiger partial charge >= 0.3 is 0 Å². The molecular formula is C16H29NOS. The van der Waals surface area contributed by atoms with Crippen LogP contribution in [0.2, 0.25) is 0 Å². The third-order valence-electron chi connectivity index (χ3n) is 5.96. The summed E-state index contributed by atoms with van der Waals surface area (Å²) in [6.45, 7) is 2.16. The molecule has 2 atom stereocenters. The van der Waals surface area contributed by atoms with Crippen molar-refractivity contribution in [2.24, 2.45) is 28.9 Å². The lowest BCUT2D eigenvalue weighted by atomic mass is 9.48. The summed E-state index contributed by atoms with van der Waals surface area (Å²) in [6, 6.07) is 0.193. The fraction of sp³-hybridized carbons (Fsp3) is 1.00. The van der Waals surface area contributed by atoms with E-state index in [0.29, 0.717) is 5.41 Å². The number of hydrogen-bond donors (Lipinski definition) is 1. The molecule has 0 heterocycles. The van der Waals surface area contributed by atoms with E-state index in [4.69, 9.17) is 5.73 Å². The van der Waals surface area contributed by atoms with Crippen molar-refractivity contribution in [1.29, 1.82) is 0 Å². The van der Waals surface area contributed by atoms with Crippen LogP contribution in [0.15, 0.2) is 0 Å². The molecule has 4 bridgehead atoms. The van der Waals surface area contributed by atoms with E-state index in [0.717, 1.165) is 42.1 Å². The second kappa shape index (κ2) is 5.48. The highest BCUT2D eigenvalue weighted by atomic mass is 32.2. The van der Waals surface area contributed by atoms with Gasteiger partial charge in [-0.15, -0.1) is 0 Å². The molecule has 4 aliphatic rings. The van der Waals surface area contributed by atoms with E-state index in [1.54, 1.807) is 0 Å². The van der Waals surface area contributed by atoms with Crippen molar-refractivity contribution in [3.05, 3.63) is 0 Å². The molecule has 0 aromatic rings. The van der Waals surface area contributed by atoms with Crippen LogP contribution in [0.3, 0.4) is 0 Å². The first kappa shape index (κ1) is 14.1. The molecule has 4 fully saturated rings. The second-order valence-electron chi connectivity index (χ2n) is 7.55. The van der Waals surface area contributed by atoms with E-state index in [9.17, 15) is 4.21 Å². The molecule has 4 saturated carbocycles. The van der Waals surface area contributed by atoms with Crippen molar-refractivity contribution in [2.45, 2.75) is 64.3 Å². The average Bonchev–Trinajstić information content (AvgIpc) is 2.34. The zero-order chi connectivity index (χ0) is 13.5. The Morgan fingerprint density at radius 3 is 2.16 bits per heavy atom. The lowest BCUT2D eigenvalue weighted by Crippen LogP contribution is -2.56. The van der Waals surface area contributed by atoms with E-state index in [1.807, 2.05) is 0 Å². The van der Waals surface area contributed by atoms with Gasteiger partial charge in [0.1, 0.15) is 0 Å². The van der Waals surface area contributed by atoms with E-state index >= 15 is 0 Å². The van der Waals surface area contributed by atoms with Crippen LogP contribution in [0.25, 0.3) is 0 Å². The highest BCUT2D eigenvalue weighted by molar-refractivity contribution is 7.85. The molecular weight excluding hydrogens is 254 g/mol. The molecule has 0 aromatic carbocycles. The molecule has 0 aromatic heterocycles. The predicted octanol–water partition coefficient (Wildman–Crippen LogP) is 3.08. The highest BCUT2D eigenvalue weighted by Crippen LogP contribution is 2.61. The third kappa shape index (κ3) is 2.78. The molecule has 4 aliphatic carbocycles. The van der Waals surface area contributed by atoms with Gasteiger partial charge in [0, 0.05) is 28.3 Å². The van der Waals surface area contributed by atoms with Crippen LogP contribution in [-0.2, 0) is 10.8 Å². The van der Waals surface area contributed by atoms with Crippen molar-refractivity contribution >= 4 is 10.8 Å². The number of nitrogens with two attached hydrogens (primary N) is 1. The quantitative estimate of drug-likeness (QED) is 0.814. The first-order valence-corrected chi connectivity index (χ1v) is 9.70. The van der Waals surface area contributed by atoms with Crippen LogP contribution in [0.4, 0.5) is 0 Å². The van der Waals surface area contributed by atoms with E-state index in [1.165, 1.54) is 38.5 Å². The summed E-state index contributed by atoms with van der Waals surface area (Å²) < 4.78 is 12.1. The van der Waals surface area contributed by atoms with E-state index in [-0.39, 0.29) is 6.04 Å². The highest BCUT2D eigenvalue weighted by Gasteiger charge is 2.53. The summed E-state index contributed by atoms with van der Waals surface area (Å²) in [5.74, 6) is 4.45. The first-order chi connectivity index (χ1) is 9.11. The van der Waals surface area contributed by atoms with Crippen molar-refractivity contribution in [3.63, 3.8) is 0 Å². The maximum Gasteiger partial charge on any atom is 0.0392 e. The minimum Gasteiger partial charge on any atom is -0.326 e. The topological polar surface area (TPSA) is 43.1 Å². The first-order valence-electron chi connectivity index (χ1n) is 8.22. The van der Waals surface area contributed by atoms with Crippen molar-refractivity contribution in [3.8, 4) is 0 Å². The Hall–Kier alpha value is 0.110. The molecule has 0 aliphatic heterocycles. The molecule has 2 nitrogen and oxygen atoms in total. The van der Waals surface area contributed by atoms with Crippen LogP contribution in [0, 0.1) is 23.2 Å². The molecule has 4 rings (SSSR count). The molecule has 110 valence electrons. The normalized spacial score (nSPS) is 43.4. The van der Waals surface area contributed by atoms with Gasteiger partial charge in [-0.25, -0.2) is 0 Å². The molecule has 2 N–H and O–H groups in total. The summed E-state index contributed by atoms with van der Waals surface area (Å²) in [5.41, 5.74) is 6.92. The minimum atomic E-state index is -0.688. The van der Waals surface area contributed by atoms with Gasteiger partial charge < -0.3 is 5.73 Å². The summed E-state index contributed by atoms with van der Waals surface area (Å²) in [7, 11) is -0.688. The molecule has 2 unspecified atom stereocenters. The maximum absolute atomic E-state index is 12.1. The van der Waals surface area contributed by atoms with Gasteiger partial charge in [-0.05, 0) is 68.1 Å². The van der Waals surface area contributed by atoms with Gasteiger partial charge in [0.05, 0.1) is 0 Å². The smallest absolute Gasteiger partial charge is 0.0392 e. The second-order valence-corrected chi connectivity index (χ2v) is 9.17. The van der Waals surface area contributed by atoms with Gasteiger partial charge in [0.25, 0.3) is 0 Å². The Labute approximate surface area is 120 Å². The standard InChI is InChI=1S/C16H29NOS/c1-2-3-4-19(18)11-15(17)16-8-12-5-13(9-16)7-14(6-12)10-16/h12-15H,2-11,17H2,1H3. The van der Waals surface area contributed by atoms with Gasteiger partial charge in [-0.1, -0.05) is 13.3 Å². The van der Waals surface area contributed by atoms with Crippen molar-refractivity contribution in [2.75, 3.05) is 11.5 Å². The Morgan fingerprint density at radius 1 is 1.16 bits per heavy atom. The third-order valence-corrected chi connectivity index (χ3v) is 7.44. The Bertz CT molecular complexity index is 319. The molecule has 19 heavy (non-hydrogen) atoms. The summed E-state index contributed by atoms with van der Waals surface area (Å²) in [6.07, 6.45) is 10.6. The van der Waals surface area contributed by atoms with E-state index in [2.05, 4.69) is 6.92 Å². The lowest BCUT2D eigenvalue weighted by molar-refractivity contribution is -0.0630.